The summed E-state index contributed by atoms with van der Waals surface area (Å²) in [4.78, 5) is 23.0. The van der Waals surface area contributed by atoms with Gasteiger partial charge in [0.05, 0.1) is 10.6 Å². The summed E-state index contributed by atoms with van der Waals surface area (Å²) in [7, 11) is 1.79. The second kappa shape index (κ2) is 8.50. The topological polar surface area (TPSA) is 70.2 Å². The monoisotopic (exact) mass is 283 g/mol. The number of hydrogen-bond acceptors (Lipinski definition) is 3. The van der Waals surface area contributed by atoms with Crippen molar-refractivity contribution in [2.75, 3.05) is 26.7 Å². The Labute approximate surface area is 117 Å². The molecule has 0 aliphatic rings. The third kappa shape index (κ3) is 5.72. The lowest BCUT2D eigenvalue weighted by Crippen LogP contribution is -2.35. The molecule has 104 valence electrons. The molecular weight excluding hydrogens is 266 g/mol. The molecule has 0 unspecified atom stereocenters. The number of nitrogens with one attached hydrogen (secondary N) is 3. The summed E-state index contributed by atoms with van der Waals surface area (Å²) in [6.45, 7) is 1.41. The van der Waals surface area contributed by atoms with E-state index in [1.54, 1.807) is 31.3 Å². The van der Waals surface area contributed by atoms with Gasteiger partial charge < -0.3 is 16.0 Å². The lowest BCUT2D eigenvalue weighted by molar-refractivity contribution is -0.120. The van der Waals surface area contributed by atoms with E-state index in [-0.39, 0.29) is 11.8 Å². The zero-order chi connectivity index (χ0) is 14.1. The van der Waals surface area contributed by atoms with E-state index in [1.165, 1.54) is 0 Å². The lowest BCUT2D eigenvalue weighted by atomic mass is 10.2. The van der Waals surface area contributed by atoms with Gasteiger partial charge in [-0.3, -0.25) is 9.59 Å². The van der Waals surface area contributed by atoms with Gasteiger partial charge in [0.2, 0.25) is 5.91 Å². The minimum absolute atomic E-state index is 0.0404. The van der Waals surface area contributed by atoms with Gasteiger partial charge >= 0.3 is 0 Å². The average molecular weight is 284 g/mol. The van der Waals surface area contributed by atoms with Gasteiger partial charge in [-0.15, -0.1) is 0 Å². The van der Waals surface area contributed by atoms with E-state index in [1.807, 2.05) is 0 Å². The molecule has 1 rings (SSSR count). The van der Waals surface area contributed by atoms with Crippen LogP contribution in [0.25, 0.3) is 0 Å². The molecule has 0 atom stereocenters. The molecule has 0 fully saturated rings. The third-order valence-electron chi connectivity index (χ3n) is 2.45. The maximum absolute atomic E-state index is 11.8. The van der Waals surface area contributed by atoms with Crippen molar-refractivity contribution in [1.82, 2.24) is 16.0 Å². The molecule has 5 nitrogen and oxygen atoms in total. The molecule has 2 amide bonds. The quantitative estimate of drug-likeness (QED) is 0.648. The molecule has 3 N–H and O–H groups in total. The van der Waals surface area contributed by atoms with E-state index in [4.69, 9.17) is 11.6 Å². The number of benzene rings is 1. The lowest BCUT2D eigenvalue weighted by Gasteiger charge is -2.08. The summed E-state index contributed by atoms with van der Waals surface area (Å²) in [6.07, 6.45) is 0.426. The van der Waals surface area contributed by atoms with Crippen LogP contribution in [0.15, 0.2) is 24.3 Å². The van der Waals surface area contributed by atoms with Crippen LogP contribution in [0.3, 0.4) is 0 Å². The first-order valence-electron chi connectivity index (χ1n) is 6.09. The molecule has 0 aliphatic heterocycles. The molecular formula is C13H18ClN3O2. The predicted octanol–water partition coefficient (Wildman–Crippen LogP) is 0.796. The number of carbonyl (C=O) groups is 2. The van der Waals surface area contributed by atoms with Crippen LogP contribution in [0.2, 0.25) is 5.02 Å². The van der Waals surface area contributed by atoms with Crippen molar-refractivity contribution in [3.63, 3.8) is 0 Å². The minimum Gasteiger partial charge on any atom is -0.354 e. The summed E-state index contributed by atoms with van der Waals surface area (Å²) >= 11 is 5.90. The molecule has 1 aromatic carbocycles. The Kier molecular flexibility index (Phi) is 6.92. The van der Waals surface area contributed by atoms with E-state index in [0.717, 1.165) is 0 Å². The van der Waals surface area contributed by atoms with Gasteiger partial charge in [-0.1, -0.05) is 23.7 Å². The van der Waals surface area contributed by atoms with Gasteiger partial charge in [-0.05, 0) is 19.2 Å². The highest BCUT2D eigenvalue weighted by Crippen LogP contribution is 2.14. The molecule has 1 aromatic rings. The standard InChI is InChI=1S/C13H18ClN3O2/c1-15-7-6-12(18)16-8-9-17-13(19)10-4-2-3-5-11(10)14/h2-5,15H,6-9H2,1H3,(H,16,18)(H,17,19). The van der Waals surface area contributed by atoms with Crippen molar-refractivity contribution in [2.45, 2.75) is 6.42 Å². The fourth-order valence-corrected chi connectivity index (χ4v) is 1.67. The molecule has 0 saturated carbocycles. The number of halogens is 1. The van der Waals surface area contributed by atoms with Gasteiger partial charge in [0.25, 0.3) is 5.91 Å². The summed E-state index contributed by atoms with van der Waals surface area (Å²) in [6, 6.07) is 6.83. The number of carbonyl (C=O) groups excluding carboxylic acids is 2. The molecule has 19 heavy (non-hydrogen) atoms. The number of hydrogen-bond donors (Lipinski definition) is 3. The van der Waals surface area contributed by atoms with Crippen LogP contribution < -0.4 is 16.0 Å². The molecule has 0 aliphatic carbocycles. The van der Waals surface area contributed by atoms with Crippen molar-refractivity contribution >= 4 is 23.4 Å². The highest BCUT2D eigenvalue weighted by atomic mass is 35.5. The van der Waals surface area contributed by atoms with E-state index in [2.05, 4.69) is 16.0 Å². The number of amides is 2. The van der Waals surface area contributed by atoms with Crippen molar-refractivity contribution < 1.29 is 9.59 Å². The highest BCUT2D eigenvalue weighted by molar-refractivity contribution is 6.33. The van der Waals surface area contributed by atoms with Gasteiger partial charge in [-0.2, -0.15) is 0 Å². The average Bonchev–Trinajstić information content (AvgIpc) is 2.41. The fraction of sp³-hybridized carbons (Fsp3) is 0.385. The van der Waals surface area contributed by atoms with Crippen LogP contribution in [-0.2, 0) is 4.79 Å². The van der Waals surface area contributed by atoms with Crippen LogP contribution in [0, 0.1) is 0 Å². The first kappa shape index (κ1) is 15.5. The Balaban J connectivity index is 2.25. The maximum Gasteiger partial charge on any atom is 0.252 e. The van der Waals surface area contributed by atoms with Crippen molar-refractivity contribution in [3.05, 3.63) is 34.9 Å². The van der Waals surface area contributed by atoms with Gasteiger partial charge in [0, 0.05) is 26.1 Å². The largest absolute Gasteiger partial charge is 0.354 e. The SMILES string of the molecule is CNCCC(=O)NCCNC(=O)c1ccccc1Cl. The molecule has 0 heterocycles. The van der Waals surface area contributed by atoms with Crippen molar-refractivity contribution in [3.8, 4) is 0 Å². The summed E-state index contributed by atoms with van der Waals surface area (Å²) in [5, 5.41) is 8.71. The molecule has 0 bridgehead atoms. The summed E-state index contributed by atoms with van der Waals surface area (Å²) < 4.78 is 0. The van der Waals surface area contributed by atoms with Crippen LogP contribution in [0.4, 0.5) is 0 Å². The summed E-state index contributed by atoms with van der Waals surface area (Å²) in [5.74, 6) is -0.281. The Morgan fingerprint density at radius 3 is 2.47 bits per heavy atom. The fourth-order valence-electron chi connectivity index (χ4n) is 1.45. The van der Waals surface area contributed by atoms with Gasteiger partial charge in [-0.25, -0.2) is 0 Å². The maximum atomic E-state index is 11.8. The zero-order valence-corrected chi connectivity index (χ0v) is 11.6. The Bertz CT molecular complexity index is 438. The first-order valence-corrected chi connectivity index (χ1v) is 6.47. The van der Waals surface area contributed by atoms with Crippen molar-refractivity contribution in [2.24, 2.45) is 0 Å². The smallest absolute Gasteiger partial charge is 0.252 e. The second-order valence-electron chi connectivity index (χ2n) is 3.94. The third-order valence-corrected chi connectivity index (χ3v) is 2.78. The molecule has 0 saturated heterocycles. The molecule has 0 spiro atoms. The minimum atomic E-state index is -0.241. The number of rotatable bonds is 7. The van der Waals surface area contributed by atoms with Crippen LogP contribution in [0.1, 0.15) is 16.8 Å². The Morgan fingerprint density at radius 2 is 1.79 bits per heavy atom. The molecule has 0 radical (unpaired) electrons. The van der Waals surface area contributed by atoms with Gasteiger partial charge in [0.15, 0.2) is 0 Å². The molecule has 6 heteroatoms. The van der Waals surface area contributed by atoms with Crippen molar-refractivity contribution in [1.29, 1.82) is 0 Å². The van der Waals surface area contributed by atoms with E-state index in [0.29, 0.717) is 36.6 Å². The molecule has 0 aromatic heterocycles. The van der Waals surface area contributed by atoms with E-state index < -0.39 is 0 Å². The van der Waals surface area contributed by atoms with Gasteiger partial charge in [0.1, 0.15) is 0 Å². The van der Waals surface area contributed by atoms with E-state index in [9.17, 15) is 9.59 Å². The Hall–Kier alpha value is -1.59. The second-order valence-corrected chi connectivity index (χ2v) is 4.35. The predicted molar refractivity (Wildman–Crippen MR) is 75.3 cm³/mol. The normalized spacial score (nSPS) is 10.0. The van der Waals surface area contributed by atoms with E-state index >= 15 is 0 Å². The van der Waals surface area contributed by atoms with Crippen LogP contribution in [-0.4, -0.2) is 38.5 Å². The Morgan fingerprint density at radius 1 is 1.11 bits per heavy atom. The van der Waals surface area contributed by atoms with Crippen LogP contribution >= 0.6 is 11.6 Å². The highest BCUT2D eigenvalue weighted by Gasteiger charge is 2.08. The summed E-state index contributed by atoms with van der Waals surface area (Å²) in [5.41, 5.74) is 0.436. The zero-order valence-electron chi connectivity index (χ0n) is 10.8. The van der Waals surface area contributed by atoms with Crippen LogP contribution in [0.5, 0.6) is 0 Å². The first-order chi connectivity index (χ1) is 9.15.